The topological polar surface area (TPSA) is 179 Å². The van der Waals surface area contributed by atoms with Crippen molar-refractivity contribution in [2.24, 2.45) is 11.8 Å². The van der Waals surface area contributed by atoms with Crippen molar-refractivity contribution in [1.82, 2.24) is 15.4 Å². The number of sulfonamides is 1. The van der Waals surface area contributed by atoms with Crippen molar-refractivity contribution in [1.29, 1.82) is 0 Å². The Morgan fingerprint density at radius 1 is 1.00 bits per heavy atom. The smallest absolute Gasteiger partial charge is 0.294 e. The van der Waals surface area contributed by atoms with Gasteiger partial charge in [-0.25, -0.2) is 13.1 Å². The molecule has 37 heavy (non-hydrogen) atoms. The van der Waals surface area contributed by atoms with Crippen molar-refractivity contribution in [3.63, 3.8) is 0 Å². The maximum atomic E-state index is 13.3. The molecule has 5 N–H and O–H groups in total. The van der Waals surface area contributed by atoms with Crippen molar-refractivity contribution in [2.75, 3.05) is 12.3 Å². The molecule has 216 valence electrons. The van der Waals surface area contributed by atoms with Crippen molar-refractivity contribution in [3.05, 3.63) is 0 Å². The van der Waals surface area contributed by atoms with Gasteiger partial charge in [-0.1, -0.05) is 71.1 Å². The zero-order valence-electron chi connectivity index (χ0n) is 21.9. The minimum atomic E-state index is -4.95. The number of unbranched alkanes of at least 4 members (excludes halogenated alkanes) is 5. The Morgan fingerprint density at radius 3 is 2.24 bits per heavy atom. The number of nitrogens with one attached hydrogen (secondary N) is 3. The van der Waals surface area contributed by atoms with Gasteiger partial charge in [0.2, 0.25) is 27.3 Å². The van der Waals surface area contributed by atoms with Crippen LogP contribution in [0.15, 0.2) is 0 Å². The van der Waals surface area contributed by atoms with Crippen LogP contribution in [0.5, 0.6) is 0 Å². The lowest BCUT2D eigenvalue weighted by molar-refractivity contribution is -0.126. The van der Waals surface area contributed by atoms with Gasteiger partial charge in [0, 0.05) is 12.5 Å². The van der Waals surface area contributed by atoms with E-state index in [9.17, 15) is 36.1 Å². The number of hydrogen-bond acceptors (Lipinski definition) is 7. The van der Waals surface area contributed by atoms with Gasteiger partial charge < -0.3 is 15.7 Å². The predicted molar refractivity (Wildman–Crippen MR) is 140 cm³/mol. The van der Waals surface area contributed by atoms with E-state index in [1.807, 2.05) is 0 Å². The maximum Gasteiger partial charge on any atom is 0.294 e. The van der Waals surface area contributed by atoms with E-state index >= 15 is 0 Å². The first-order valence-corrected chi connectivity index (χ1v) is 16.8. The maximum absolute atomic E-state index is 13.3. The summed E-state index contributed by atoms with van der Waals surface area (Å²) in [5.41, 5.74) is -2.35. The Hall–Kier alpha value is -1.28. The number of aliphatic hydroxyl groups excluding tert-OH is 1. The van der Waals surface area contributed by atoms with Crippen molar-refractivity contribution in [2.45, 2.75) is 114 Å². The standard InChI is InChI=1S/C24H45N3O8S2/c1-2-3-4-5-6-10-15-36(31,32)27-20(16-18-11-8-7-9-12-18)23(29)26-21(24(30)37(33,34)35)17-19-13-14-25-22(19)28/h18-21,24,27,30H,2-17H2,1H3,(H,25,28)(H,26,29)(H,33,34,35)/t19-,20-,21-,24?/m0/s1. The Balaban J connectivity index is 2.12. The zero-order valence-corrected chi connectivity index (χ0v) is 23.5. The van der Waals surface area contributed by atoms with Crippen LogP contribution in [-0.2, 0) is 29.7 Å². The number of carbonyl (C=O) groups excluding carboxylic acids is 2. The van der Waals surface area contributed by atoms with Gasteiger partial charge >= 0.3 is 0 Å². The third-order valence-electron chi connectivity index (χ3n) is 7.38. The first kappa shape index (κ1) is 31.9. The fourth-order valence-corrected chi connectivity index (χ4v) is 7.16. The average Bonchev–Trinajstić information content (AvgIpc) is 3.24. The van der Waals surface area contributed by atoms with E-state index in [2.05, 4.69) is 22.3 Å². The molecular formula is C24H45N3O8S2. The second-order valence-electron chi connectivity index (χ2n) is 10.5. The highest BCUT2D eigenvalue weighted by Crippen LogP contribution is 2.28. The Morgan fingerprint density at radius 2 is 1.65 bits per heavy atom. The minimum Gasteiger partial charge on any atom is -0.374 e. The van der Waals surface area contributed by atoms with Gasteiger partial charge in [0.25, 0.3) is 10.1 Å². The van der Waals surface area contributed by atoms with E-state index in [0.717, 1.165) is 64.2 Å². The van der Waals surface area contributed by atoms with Gasteiger partial charge in [-0.2, -0.15) is 8.42 Å². The molecule has 0 aromatic rings. The van der Waals surface area contributed by atoms with Gasteiger partial charge in [-0.3, -0.25) is 14.1 Å². The quantitative estimate of drug-likeness (QED) is 0.130. The van der Waals surface area contributed by atoms with Crippen LogP contribution < -0.4 is 15.4 Å². The minimum absolute atomic E-state index is 0.118. The summed E-state index contributed by atoms with van der Waals surface area (Å²) >= 11 is 0. The third-order valence-corrected chi connectivity index (χ3v) is 9.79. The third kappa shape index (κ3) is 11.6. The molecule has 0 aromatic carbocycles. The fourth-order valence-electron chi connectivity index (χ4n) is 5.23. The summed E-state index contributed by atoms with van der Waals surface area (Å²) < 4.78 is 61.0. The molecule has 0 spiro atoms. The second kappa shape index (κ2) is 15.3. The number of hydrogen-bond donors (Lipinski definition) is 5. The summed E-state index contributed by atoms with van der Waals surface area (Å²) in [5.74, 6) is -1.74. The molecule has 0 radical (unpaired) electrons. The van der Waals surface area contributed by atoms with E-state index in [-0.39, 0.29) is 30.4 Å². The van der Waals surface area contributed by atoms with Gasteiger partial charge in [-0.15, -0.1) is 0 Å². The first-order chi connectivity index (χ1) is 17.4. The number of aliphatic hydroxyl groups is 1. The summed E-state index contributed by atoms with van der Waals surface area (Å²) in [7, 11) is -8.74. The monoisotopic (exact) mass is 567 g/mol. The molecule has 1 aliphatic heterocycles. The van der Waals surface area contributed by atoms with Crippen LogP contribution >= 0.6 is 0 Å². The molecule has 0 aromatic heterocycles. The molecule has 2 aliphatic rings. The van der Waals surface area contributed by atoms with Crippen molar-refractivity contribution < 1.29 is 36.1 Å². The molecular weight excluding hydrogens is 522 g/mol. The molecule has 2 fully saturated rings. The Labute approximate surface area is 221 Å². The highest BCUT2D eigenvalue weighted by Gasteiger charge is 2.38. The molecule has 2 rings (SSSR count). The molecule has 1 heterocycles. The molecule has 1 saturated carbocycles. The number of amides is 2. The van der Waals surface area contributed by atoms with E-state index in [1.165, 1.54) is 0 Å². The molecule has 1 unspecified atom stereocenters. The van der Waals surface area contributed by atoms with Gasteiger partial charge in [-0.05, 0) is 31.6 Å². The van der Waals surface area contributed by atoms with E-state index in [4.69, 9.17) is 0 Å². The van der Waals surface area contributed by atoms with Gasteiger partial charge in [0.1, 0.15) is 6.04 Å². The van der Waals surface area contributed by atoms with E-state index < -0.39 is 49.5 Å². The van der Waals surface area contributed by atoms with Crippen LogP contribution in [0.2, 0.25) is 0 Å². The molecule has 4 atom stereocenters. The molecule has 1 saturated heterocycles. The Kier molecular flexibility index (Phi) is 13.2. The SMILES string of the molecule is CCCCCCCCS(=O)(=O)N[C@@H](CC1CCCCC1)C(=O)N[C@@H](C[C@@H]1CCNC1=O)C(O)S(=O)(=O)O. The first-order valence-electron chi connectivity index (χ1n) is 13.7. The summed E-state index contributed by atoms with van der Waals surface area (Å²) in [6.45, 7) is 2.49. The van der Waals surface area contributed by atoms with Crippen LogP contribution in [-0.4, -0.2) is 68.1 Å². The van der Waals surface area contributed by atoms with Crippen LogP contribution in [0, 0.1) is 11.8 Å². The Bertz CT molecular complexity index is 936. The van der Waals surface area contributed by atoms with Gasteiger partial charge in [0.15, 0.2) is 0 Å². The van der Waals surface area contributed by atoms with Crippen LogP contribution in [0.25, 0.3) is 0 Å². The molecule has 13 heteroatoms. The van der Waals surface area contributed by atoms with E-state index in [1.54, 1.807) is 0 Å². The normalized spacial score (nSPS) is 21.8. The van der Waals surface area contributed by atoms with Crippen molar-refractivity contribution >= 4 is 32.0 Å². The lowest BCUT2D eigenvalue weighted by Gasteiger charge is -2.29. The zero-order chi connectivity index (χ0) is 27.5. The molecule has 0 bridgehead atoms. The largest absolute Gasteiger partial charge is 0.374 e. The summed E-state index contributed by atoms with van der Waals surface area (Å²) in [6, 6.07) is -2.63. The van der Waals surface area contributed by atoms with Crippen LogP contribution in [0.1, 0.15) is 96.8 Å². The fraction of sp³-hybridized carbons (Fsp3) is 0.917. The highest BCUT2D eigenvalue weighted by atomic mass is 32.2. The van der Waals surface area contributed by atoms with Crippen molar-refractivity contribution in [3.8, 4) is 0 Å². The lowest BCUT2D eigenvalue weighted by atomic mass is 9.85. The van der Waals surface area contributed by atoms with Gasteiger partial charge in [0.05, 0.1) is 11.8 Å². The van der Waals surface area contributed by atoms with Crippen LogP contribution in [0.3, 0.4) is 0 Å². The second-order valence-corrected chi connectivity index (χ2v) is 13.9. The predicted octanol–water partition coefficient (Wildman–Crippen LogP) is 1.82. The number of carbonyl (C=O) groups is 2. The molecule has 1 aliphatic carbocycles. The summed E-state index contributed by atoms with van der Waals surface area (Å²) in [4.78, 5) is 25.3. The van der Waals surface area contributed by atoms with E-state index in [0.29, 0.717) is 19.4 Å². The average molecular weight is 568 g/mol. The summed E-state index contributed by atoms with van der Waals surface area (Å²) in [6.07, 6.45) is 10.7. The molecule has 11 nitrogen and oxygen atoms in total. The summed E-state index contributed by atoms with van der Waals surface area (Å²) in [5, 5.41) is 15.3. The number of rotatable bonds is 17. The molecule has 2 amide bonds. The highest BCUT2D eigenvalue weighted by molar-refractivity contribution is 7.89. The lowest BCUT2D eigenvalue weighted by Crippen LogP contribution is -2.55. The van der Waals surface area contributed by atoms with Crippen LogP contribution in [0.4, 0.5) is 0 Å².